The van der Waals surface area contributed by atoms with Gasteiger partial charge in [0.1, 0.15) is 12.0 Å². The lowest BCUT2D eigenvalue weighted by Gasteiger charge is -2.55. The van der Waals surface area contributed by atoms with Crippen LogP contribution >= 0.6 is 11.8 Å². The number of ether oxygens (including phenoxy) is 2. The van der Waals surface area contributed by atoms with Gasteiger partial charge in [-0.05, 0) is 0 Å². The van der Waals surface area contributed by atoms with Crippen LogP contribution in [0.4, 0.5) is 0 Å². The molecule has 2 heterocycles. The van der Waals surface area contributed by atoms with Gasteiger partial charge in [0.15, 0.2) is 0 Å². The van der Waals surface area contributed by atoms with Gasteiger partial charge in [-0.1, -0.05) is 0 Å². The van der Waals surface area contributed by atoms with Crippen LogP contribution in [0.25, 0.3) is 0 Å². The summed E-state index contributed by atoms with van der Waals surface area (Å²) in [5, 5.41) is 10.6. The molecule has 0 aromatic heterocycles. The summed E-state index contributed by atoms with van der Waals surface area (Å²) < 4.78 is 9.74. The Morgan fingerprint density at radius 2 is 2.25 bits per heavy atom. The number of carboxylic acid groups (broad SMARTS) is 1. The number of rotatable bonds is 4. The van der Waals surface area contributed by atoms with E-state index in [-0.39, 0.29) is 18.1 Å². The number of carboxylic acids is 1. The summed E-state index contributed by atoms with van der Waals surface area (Å²) >= 11 is 1.24. The highest BCUT2D eigenvalue weighted by atomic mass is 32.2. The van der Waals surface area contributed by atoms with Gasteiger partial charge in [-0.15, -0.1) is 11.8 Å². The third kappa shape index (κ3) is 2.07. The number of hydrogen-bond donors (Lipinski definition) is 1. The van der Waals surface area contributed by atoms with E-state index in [2.05, 4.69) is 0 Å². The van der Waals surface area contributed by atoms with E-state index in [1.165, 1.54) is 25.8 Å². The molecule has 0 saturated carbocycles. The first-order valence-electron chi connectivity index (χ1n) is 5.69. The zero-order chi connectivity index (χ0) is 15.1. The second kappa shape index (κ2) is 5.08. The second-order valence-electron chi connectivity index (χ2n) is 4.36. The number of hydrogen-bond acceptors (Lipinski definition) is 8. The standard InChI is InChI=1S/C11H14N2O6S/c1-5(14)19-3-6-4-20-10-11(12,18-2)9(17)13(10)7(6)8(15)16/h10H,3-4,12H2,1-2H3,(H,15,16)/p-1/t10-,11+/m1/s1. The first-order valence-corrected chi connectivity index (χ1v) is 6.73. The molecule has 0 bridgehead atoms. The van der Waals surface area contributed by atoms with Gasteiger partial charge in [0.2, 0.25) is 5.72 Å². The lowest BCUT2D eigenvalue weighted by molar-refractivity contribution is -0.302. The van der Waals surface area contributed by atoms with Crippen LogP contribution in [0.5, 0.6) is 0 Å². The number of esters is 1. The molecule has 2 aliphatic heterocycles. The van der Waals surface area contributed by atoms with Gasteiger partial charge >= 0.3 is 5.97 Å². The highest BCUT2D eigenvalue weighted by molar-refractivity contribution is 8.00. The van der Waals surface area contributed by atoms with Crippen molar-refractivity contribution in [3.63, 3.8) is 0 Å². The van der Waals surface area contributed by atoms with Crippen molar-refractivity contribution in [2.75, 3.05) is 19.5 Å². The third-order valence-corrected chi connectivity index (χ3v) is 4.52. The number of methoxy groups -OCH3 is 1. The number of aliphatic carboxylic acids is 1. The van der Waals surface area contributed by atoms with Crippen LogP contribution in [0.2, 0.25) is 0 Å². The monoisotopic (exact) mass is 301 g/mol. The molecular formula is C11H13N2O6S-. The molecule has 2 rings (SSSR count). The van der Waals surface area contributed by atoms with Crippen molar-refractivity contribution in [2.24, 2.45) is 5.73 Å². The Labute approximate surface area is 118 Å². The molecule has 1 amide bonds. The lowest BCUT2D eigenvalue weighted by atomic mass is 9.99. The first kappa shape index (κ1) is 14.8. The summed E-state index contributed by atoms with van der Waals surface area (Å²) in [4.78, 5) is 35.0. The summed E-state index contributed by atoms with van der Waals surface area (Å²) in [5.74, 6) is -2.45. The smallest absolute Gasteiger partial charge is 0.302 e. The number of thioether (sulfide) groups is 1. The molecule has 0 aromatic rings. The van der Waals surface area contributed by atoms with Crippen molar-refractivity contribution in [3.05, 3.63) is 11.3 Å². The molecule has 0 aromatic carbocycles. The molecule has 2 atom stereocenters. The maximum Gasteiger partial charge on any atom is 0.302 e. The Balaban J connectivity index is 2.31. The molecule has 8 nitrogen and oxygen atoms in total. The Morgan fingerprint density at radius 1 is 1.60 bits per heavy atom. The molecule has 0 unspecified atom stereocenters. The number of carbonyl (C=O) groups is 3. The molecule has 2 aliphatic rings. The van der Waals surface area contributed by atoms with Gasteiger partial charge < -0.3 is 19.4 Å². The van der Waals surface area contributed by atoms with Crippen LogP contribution < -0.4 is 10.8 Å². The van der Waals surface area contributed by atoms with E-state index in [1.54, 1.807) is 0 Å². The van der Waals surface area contributed by atoms with Crippen LogP contribution in [0.15, 0.2) is 11.3 Å². The van der Waals surface area contributed by atoms with Gasteiger partial charge in [-0.2, -0.15) is 0 Å². The predicted octanol–water partition coefficient (Wildman–Crippen LogP) is -2.23. The van der Waals surface area contributed by atoms with Gasteiger partial charge in [-0.3, -0.25) is 20.2 Å². The van der Waals surface area contributed by atoms with Crippen molar-refractivity contribution >= 4 is 29.6 Å². The lowest BCUT2D eigenvalue weighted by Crippen LogP contribution is -2.79. The molecule has 1 saturated heterocycles. The normalized spacial score (nSPS) is 28.9. The second-order valence-corrected chi connectivity index (χ2v) is 5.42. The fourth-order valence-electron chi connectivity index (χ4n) is 2.09. The summed E-state index contributed by atoms with van der Waals surface area (Å²) in [6.07, 6.45) is 0. The molecule has 0 radical (unpaired) electrons. The average Bonchev–Trinajstić information content (AvgIpc) is 2.42. The van der Waals surface area contributed by atoms with E-state index in [9.17, 15) is 19.5 Å². The SMILES string of the molecule is CO[C@@]1(N)C(=O)N2C(C(=O)[O-])=C(COC(C)=O)CS[C@@H]21. The third-order valence-electron chi connectivity index (χ3n) is 3.13. The largest absolute Gasteiger partial charge is 0.543 e. The highest BCUT2D eigenvalue weighted by Gasteiger charge is 2.62. The Hall–Kier alpha value is -1.58. The molecule has 2 N–H and O–H groups in total. The van der Waals surface area contributed by atoms with E-state index < -0.39 is 28.9 Å². The Kier molecular flexibility index (Phi) is 3.76. The summed E-state index contributed by atoms with van der Waals surface area (Å²) in [7, 11) is 1.28. The van der Waals surface area contributed by atoms with Crippen LogP contribution in [0.3, 0.4) is 0 Å². The molecular weight excluding hydrogens is 288 g/mol. The number of nitrogens with zero attached hydrogens (tertiary/aromatic N) is 1. The molecule has 0 aliphatic carbocycles. The van der Waals surface area contributed by atoms with Gasteiger partial charge in [0.05, 0.1) is 11.7 Å². The zero-order valence-corrected chi connectivity index (χ0v) is 11.7. The molecule has 20 heavy (non-hydrogen) atoms. The predicted molar refractivity (Wildman–Crippen MR) is 65.7 cm³/mol. The fourth-order valence-corrected chi connectivity index (χ4v) is 3.46. The number of carbonyl (C=O) groups excluding carboxylic acids is 3. The van der Waals surface area contributed by atoms with Crippen molar-refractivity contribution in [3.8, 4) is 0 Å². The Bertz CT molecular complexity index is 519. The van der Waals surface area contributed by atoms with E-state index in [0.29, 0.717) is 5.57 Å². The summed E-state index contributed by atoms with van der Waals surface area (Å²) in [5.41, 5.74) is 4.25. The Morgan fingerprint density at radius 3 is 2.75 bits per heavy atom. The van der Waals surface area contributed by atoms with Crippen LogP contribution in [-0.4, -0.2) is 53.3 Å². The first-order chi connectivity index (χ1) is 9.32. The van der Waals surface area contributed by atoms with E-state index >= 15 is 0 Å². The van der Waals surface area contributed by atoms with Crippen LogP contribution in [0.1, 0.15) is 6.92 Å². The highest BCUT2D eigenvalue weighted by Crippen LogP contribution is 2.44. The average molecular weight is 301 g/mol. The molecule has 1 fully saturated rings. The minimum absolute atomic E-state index is 0.202. The topological polar surface area (TPSA) is 122 Å². The molecule has 110 valence electrons. The van der Waals surface area contributed by atoms with Gasteiger partial charge in [-0.25, -0.2) is 0 Å². The number of β-lactam (4-membered cyclic amide) rings is 1. The maximum absolute atomic E-state index is 12.0. The van der Waals surface area contributed by atoms with E-state index in [4.69, 9.17) is 15.2 Å². The van der Waals surface area contributed by atoms with Gasteiger partial charge in [0, 0.05) is 25.4 Å². The minimum Gasteiger partial charge on any atom is -0.543 e. The zero-order valence-electron chi connectivity index (χ0n) is 10.9. The van der Waals surface area contributed by atoms with Crippen molar-refractivity contribution in [2.45, 2.75) is 18.0 Å². The van der Waals surface area contributed by atoms with E-state index in [1.807, 2.05) is 0 Å². The summed E-state index contributed by atoms with van der Waals surface area (Å²) in [6, 6.07) is 0. The molecule has 9 heteroatoms. The van der Waals surface area contributed by atoms with Crippen LogP contribution in [0, 0.1) is 0 Å². The number of amides is 1. The van der Waals surface area contributed by atoms with Crippen LogP contribution in [-0.2, 0) is 23.9 Å². The van der Waals surface area contributed by atoms with Gasteiger partial charge in [0.25, 0.3) is 5.91 Å². The minimum atomic E-state index is -1.53. The maximum atomic E-state index is 12.0. The quantitative estimate of drug-likeness (QED) is 0.352. The van der Waals surface area contributed by atoms with Crippen molar-refractivity contribution in [1.29, 1.82) is 0 Å². The molecule has 0 spiro atoms. The fraction of sp³-hybridized carbons (Fsp3) is 0.545. The van der Waals surface area contributed by atoms with Crippen molar-refractivity contribution in [1.82, 2.24) is 4.90 Å². The van der Waals surface area contributed by atoms with E-state index in [0.717, 1.165) is 4.90 Å². The number of nitrogens with two attached hydrogens (primary N) is 1. The number of fused-ring (bicyclic) bond motifs is 1. The summed E-state index contributed by atoms with van der Waals surface area (Å²) in [6.45, 7) is 1.01. The van der Waals surface area contributed by atoms with Crippen molar-refractivity contribution < 1.29 is 29.0 Å².